The van der Waals surface area contributed by atoms with Crippen molar-refractivity contribution in [1.82, 2.24) is 4.90 Å². The highest BCUT2D eigenvalue weighted by molar-refractivity contribution is 6.46. The molecule has 1 aliphatic heterocycles. The van der Waals surface area contributed by atoms with Gasteiger partial charge in [-0.2, -0.15) is 0 Å². The summed E-state index contributed by atoms with van der Waals surface area (Å²) in [6.07, 6.45) is 0.696. The van der Waals surface area contributed by atoms with Crippen LogP contribution in [-0.4, -0.2) is 41.5 Å². The number of amides is 1. The average molecular weight is 452 g/mol. The highest BCUT2D eigenvalue weighted by atomic mass is 16.5. The first kappa shape index (κ1) is 24.4. The Hall–Kier alpha value is -3.28. The third-order valence-corrected chi connectivity index (χ3v) is 5.72. The standard InChI is InChI=1S/C27H33NO5/c1-6-15-28-24(18-9-12-20(13-10-18)32-7-2)23(26(30)27(28)31)25(29)19-11-14-22(33-8-3)21(16-19)17(4)5/h9-14,16-17,24,29H,6-8,15H2,1-5H3/b25-23-. The summed E-state index contributed by atoms with van der Waals surface area (Å²) in [6, 6.07) is 12.0. The molecule has 3 rings (SSSR count). The molecule has 176 valence electrons. The molecule has 1 saturated heterocycles. The molecule has 1 aliphatic rings. The summed E-state index contributed by atoms with van der Waals surface area (Å²) in [7, 11) is 0. The van der Waals surface area contributed by atoms with Crippen LogP contribution in [0.25, 0.3) is 5.76 Å². The normalized spacial score (nSPS) is 17.6. The molecule has 1 N–H and O–H groups in total. The lowest BCUT2D eigenvalue weighted by molar-refractivity contribution is -0.139. The average Bonchev–Trinajstić information content (AvgIpc) is 3.05. The van der Waals surface area contributed by atoms with Gasteiger partial charge in [0.05, 0.1) is 24.8 Å². The SMILES string of the molecule is CCCN1C(=O)C(=O)/C(=C(\O)c2ccc(OCC)c(C(C)C)c2)C1c1ccc(OCC)cc1. The maximum Gasteiger partial charge on any atom is 0.295 e. The number of benzene rings is 2. The Bertz CT molecular complexity index is 1040. The zero-order valence-electron chi connectivity index (χ0n) is 20.1. The van der Waals surface area contributed by atoms with Crippen molar-refractivity contribution in [1.29, 1.82) is 0 Å². The molecular weight excluding hydrogens is 418 g/mol. The summed E-state index contributed by atoms with van der Waals surface area (Å²) >= 11 is 0. The predicted octanol–water partition coefficient (Wildman–Crippen LogP) is 5.44. The molecule has 2 aromatic rings. The Balaban J connectivity index is 2.15. The minimum Gasteiger partial charge on any atom is -0.507 e. The molecule has 0 saturated carbocycles. The van der Waals surface area contributed by atoms with E-state index in [2.05, 4.69) is 0 Å². The lowest BCUT2D eigenvalue weighted by Gasteiger charge is -2.25. The third kappa shape index (κ3) is 4.90. The number of rotatable bonds is 9. The molecule has 0 spiro atoms. The first-order valence-electron chi connectivity index (χ1n) is 11.6. The van der Waals surface area contributed by atoms with Gasteiger partial charge in [0, 0.05) is 12.1 Å². The van der Waals surface area contributed by atoms with Crippen LogP contribution in [0.2, 0.25) is 0 Å². The van der Waals surface area contributed by atoms with E-state index in [0.717, 1.165) is 16.9 Å². The zero-order valence-corrected chi connectivity index (χ0v) is 20.1. The van der Waals surface area contributed by atoms with Gasteiger partial charge in [0.1, 0.15) is 17.3 Å². The number of likely N-dealkylation sites (tertiary alicyclic amines) is 1. The molecule has 0 aromatic heterocycles. The number of Topliss-reactive ketones (excluding diaryl/α,β-unsaturated/α-hetero) is 1. The fraction of sp³-hybridized carbons (Fsp3) is 0.407. The number of nitrogens with zero attached hydrogens (tertiary/aromatic N) is 1. The second-order valence-corrected chi connectivity index (χ2v) is 8.33. The van der Waals surface area contributed by atoms with E-state index in [4.69, 9.17) is 9.47 Å². The first-order chi connectivity index (χ1) is 15.8. The van der Waals surface area contributed by atoms with E-state index in [1.54, 1.807) is 11.0 Å². The van der Waals surface area contributed by atoms with Gasteiger partial charge < -0.3 is 19.5 Å². The fourth-order valence-corrected chi connectivity index (χ4v) is 4.20. The van der Waals surface area contributed by atoms with Gasteiger partial charge in [-0.25, -0.2) is 0 Å². The third-order valence-electron chi connectivity index (χ3n) is 5.72. The number of hydrogen-bond acceptors (Lipinski definition) is 5. The lowest BCUT2D eigenvalue weighted by atomic mass is 9.93. The van der Waals surface area contributed by atoms with Gasteiger partial charge >= 0.3 is 0 Å². The van der Waals surface area contributed by atoms with Crippen LogP contribution in [0, 0.1) is 0 Å². The molecule has 0 radical (unpaired) electrons. The minimum atomic E-state index is -0.667. The van der Waals surface area contributed by atoms with Gasteiger partial charge in [0.15, 0.2) is 0 Å². The predicted molar refractivity (Wildman–Crippen MR) is 129 cm³/mol. The van der Waals surface area contributed by atoms with Crippen molar-refractivity contribution in [3.8, 4) is 11.5 Å². The monoisotopic (exact) mass is 451 g/mol. The lowest BCUT2D eigenvalue weighted by Crippen LogP contribution is -2.30. The summed E-state index contributed by atoms with van der Waals surface area (Å²) in [4.78, 5) is 27.5. The van der Waals surface area contributed by atoms with E-state index < -0.39 is 17.7 Å². The molecule has 1 unspecified atom stereocenters. The van der Waals surface area contributed by atoms with Crippen LogP contribution in [0.3, 0.4) is 0 Å². The van der Waals surface area contributed by atoms with E-state index in [0.29, 0.717) is 37.5 Å². The van der Waals surface area contributed by atoms with Crippen LogP contribution in [0.1, 0.15) is 69.7 Å². The summed E-state index contributed by atoms with van der Waals surface area (Å²) in [6.45, 7) is 11.4. The number of aliphatic hydroxyl groups excluding tert-OH is 1. The molecule has 0 bridgehead atoms. The summed E-state index contributed by atoms with van der Waals surface area (Å²) in [5, 5.41) is 11.3. The number of ketones is 1. The highest BCUT2D eigenvalue weighted by Crippen LogP contribution is 2.40. The van der Waals surface area contributed by atoms with Crippen LogP contribution < -0.4 is 9.47 Å². The van der Waals surface area contributed by atoms with E-state index in [1.807, 2.05) is 71.0 Å². The molecule has 6 heteroatoms. The number of aliphatic hydroxyl groups is 1. The topological polar surface area (TPSA) is 76.1 Å². The fourth-order valence-electron chi connectivity index (χ4n) is 4.20. The molecule has 1 heterocycles. The smallest absolute Gasteiger partial charge is 0.295 e. The van der Waals surface area contributed by atoms with Crippen molar-refractivity contribution >= 4 is 17.4 Å². The van der Waals surface area contributed by atoms with E-state index in [-0.39, 0.29) is 17.3 Å². The van der Waals surface area contributed by atoms with Crippen LogP contribution in [0.5, 0.6) is 11.5 Å². The quantitative estimate of drug-likeness (QED) is 0.312. The van der Waals surface area contributed by atoms with E-state index in [1.165, 1.54) is 0 Å². The van der Waals surface area contributed by atoms with Gasteiger partial charge in [-0.3, -0.25) is 9.59 Å². The Morgan fingerprint density at radius 2 is 1.67 bits per heavy atom. The van der Waals surface area contributed by atoms with Crippen LogP contribution in [-0.2, 0) is 9.59 Å². The number of carbonyl (C=O) groups excluding carboxylic acids is 2. The number of carbonyl (C=O) groups is 2. The van der Waals surface area contributed by atoms with Gasteiger partial charge in [-0.05, 0) is 67.6 Å². The maximum atomic E-state index is 13.1. The van der Waals surface area contributed by atoms with E-state index in [9.17, 15) is 14.7 Å². The summed E-state index contributed by atoms with van der Waals surface area (Å²) in [5.74, 6) is 0.187. The Kier molecular flexibility index (Phi) is 7.79. The van der Waals surface area contributed by atoms with Crippen molar-refractivity contribution in [2.45, 2.75) is 53.0 Å². The molecule has 6 nitrogen and oxygen atoms in total. The van der Waals surface area contributed by atoms with Crippen molar-refractivity contribution in [3.63, 3.8) is 0 Å². The van der Waals surface area contributed by atoms with Crippen molar-refractivity contribution < 1.29 is 24.2 Å². The summed E-state index contributed by atoms with van der Waals surface area (Å²) < 4.78 is 11.3. The second-order valence-electron chi connectivity index (χ2n) is 8.33. The van der Waals surface area contributed by atoms with Crippen LogP contribution in [0.4, 0.5) is 0 Å². The van der Waals surface area contributed by atoms with Crippen LogP contribution >= 0.6 is 0 Å². The van der Waals surface area contributed by atoms with Crippen molar-refractivity contribution in [3.05, 3.63) is 64.7 Å². The van der Waals surface area contributed by atoms with Crippen LogP contribution in [0.15, 0.2) is 48.0 Å². The molecule has 0 aliphatic carbocycles. The Morgan fingerprint density at radius 1 is 1.00 bits per heavy atom. The number of hydrogen-bond donors (Lipinski definition) is 1. The molecule has 1 amide bonds. The number of ether oxygens (including phenoxy) is 2. The first-order valence-corrected chi connectivity index (χ1v) is 11.6. The maximum absolute atomic E-state index is 13.1. The zero-order chi connectivity index (χ0) is 24.1. The van der Waals surface area contributed by atoms with Gasteiger partial charge in [-0.15, -0.1) is 0 Å². The minimum absolute atomic E-state index is 0.108. The molecule has 33 heavy (non-hydrogen) atoms. The van der Waals surface area contributed by atoms with Gasteiger partial charge in [0.2, 0.25) is 0 Å². The van der Waals surface area contributed by atoms with Gasteiger partial charge in [0.25, 0.3) is 11.7 Å². The molecular formula is C27H33NO5. The van der Waals surface area contributed by atoms with Crippen molar-refractivity contribution in [2.24, 2.45) is 0 Å². The van der Waals surface area contributed by atoms with Gasteiger partial charge in [-0.1, -0.05) is 32.9 Å². The molecule has 1 atom stereocenters. The summed E-state index contributed by atoms with van der Waals surface area (Å²) in [5.41, 5.74) is 2.29. The largest absolute Gasteiger partial charge is 0.507 e. The van der Waals surface area contributed by atoms with E-state index >= 15 is 0 Å². The molecule has 2 aromatic carbocycles. The van der Waals surface area contributed by atoms with Crippen molar-refractivity contribution in [2.75, 3.05) is 19.8 Å². The Labute approximate surface area is 195 Å². The molecule has 1 fully saturated rings. The highest BCUT2D eigenvalue weighted by Gasteiger charge is 2.45. The Morgan fingerprint density at radius 3 is 2.24 bits per heavy atom. The second kappa shape index (κ2) is 10.6.